The molecule has 5 heavy (non-hydrogen) atoms. The summed E-state index contributed by atoms with van der Waals surface area (Å²) in [5.41, 5.74) is 5.36. The number of nitrogens with one attached hydrogen (secondary N) is 2. The summed E-state index contributed by atoms with van der Waals surface area (Å²) in [6.45, 7) is 0. The number of hydrazine groups is 1. The van der Waals surface area contributed by atoms with E-state index < -0.39 is 0 Å². The van der Waals surface area contributed by atoms with Crippen molar-refractivity contribution in [3.8, 4) is 0 Å². The first-order valence-corrected chi connectivity index (χ1v) is 1.25. The van der Waals surface area contributed by atoms with Gasteiger partial charge in [-0.15, -0.1) is 0 Å². The van der Waals surface area contributed by atoms with Crippen LogP contribution < -0.4 is 40.4 Å². The predicted octanol–water partition coefficient (Wildman–Crippen LogP) is -3.54. The van der Waals surface area contributed by atoms with E-state index >= 15 is 0 Å². The van der Waals surface area contributed by atoms with E-state index in [2.05, 4.69) is 10.9 Å². The van der Waals surface area contributed by atoms with E-state index in [0.29, 0.717) is 0 Å². The summed E-state index contributed by atoms with van der Waals surface area (Å²) >= 11 is 0. The normalized spacial score (nSPS) is 6.00. The fourth-order valence-electron chi connectivity index (χ4n) is 0. The van der Waals surface area contributed by atoms with Crippen molar-refractivity contribution in [3.63, 3.8) is 0 Å². The van der Waals surface area contributed by atoms with E-state index in [0.717, 1.165) is 0 Å². The second-order valence-corrected chi connectivity index (χ2v) is 0.500. The second-order valence-electron chi connectivity index (χ2n) is 0.500. The van der Waals surface area contributed by atoms with Crippen LogP contribution in [-0.4, -0.2) is 14.1 Å². The quantitative estimate of drug-likeness (QED) is 0.254. The molecule has 0 aromatic carbocycles. The van der Waals surface area contributed by atoms with Crippen molar-refractivity contribution in [2.75, 3.05) is 14.1 Å². The van der Waals surface area contributed by atoms with Gasteiger partial charge in [0.25, 0.3) is 0 Å². The molecule has 2 N–H and O–H groups in total. The molecular weight excluding hydrogens is 75.0 g/mol. The first kappa shape index (κ1) is 9.33. The Labute approximate surface area is 56.1 Å². The Balaban J connectivity index is -0.0000000450. The van der Waals surface area contributed by atoms with Crippen LogP contribution in [0.4, 0.5) is 0 Å². The molecule has 0 saturated heterocycles. The van der Waals surface area contributed by atoms with Crippen LogP contribution in [0.1, 0.15) is 1.43 Å². The molecule has 0 aromatic rings. The Morgan fingerprint density at radius 3 is 1.40 bits per heavy atom. The second kappa shape index (κ2) is 8.87. The molecular formula is C2H9N2Na. The van der Waals surface area contributed by atoms with Gasteiger partial charge in [0, 0.05) is 0 Å². The van der Waals surface area contributed by atoms with E-state index in [1.807, 2.05) is 14.1 Å². The van der Waals surface area contributed by atoms with Crippen LogP contribution in [-0.2, 0) is 0 Å². The van der Waals surface area contributed by atoms with Crippen molar-refractivity contribution in [2.24, 2.45) is 0 Å². The molecule has 0 spiro atoms. The van der Waals surface area contributed by atoms with Gasteiger partial charge >= 0.3 is 29.6 Å². The van der Waals surface area contributed by atoms with Gasteiger partial charge in [0.05, 0.1) is 0 Å². The first-order valence-electron chi connectivity index (χ1n) is 1.25. The smallest absolute Gasteiger partial charge is 1.00 e. The van der Waals surface area contributed by atoms with Crippen LogP contribution in [0.2, 0.25) is 0 Å². The maximum atomic E-state index is 2.68. The van der Waals surface area contributed by atoms with Gasteiger partial charge in [-0.25, -0.2) is 0 Å². The van der Waals surface area contributed by atoms with E-state index in [9.17, 15) is 0 Å². The average molecular weight is 84.1 g/mol. The fourth-order valence-corrected chi connectivity index (χ4v) is 0. The Morgan fingerprint density at radius 1 is 1.20 bits per heavy atom. The summed E-state index contributed by atoms with van der Waals surface area (Å²) in [5.74, 6) is 0. The van der Waals surface area contributed by atoms with Gasteiger partial charge in [-0.05, 0) is 14.1 Å². The van der Waals surface area contributed by atoms with Gasteiger partial charge in [-0.1, -0.05) is 0 Å². The number of hydrogen-bond donors (Lipinski definition) is 2. The molecule has 0 aliphatic carbocycles. The largest absolute Gasteiger partial charge is 1.00 e. The Bertz CT molecular complexity index is 13.5. The molecule has 3 heteroatoms. The zero-order chi connectivity index (χ0) is 3.41. The van der Waals surface area contributed by atoms with Crippen LogP contribution >= 0.6 is 0 Å². The molecule has 0 aliphatic heterocycles. The zero-order valence-electron chi connectivity index (χ0n) is 5.00. The summed E-state index contributed by atoms with van der Waals surface area (Å²) < 4.78 is 0. The summed E-state index contributed by atoms with van der Waals surface area (Å²) in [6, 6.07) is 0. The van der Waals surface area contributed by atoms with Gasteiger partial charge < -0.3 is 1.43 Å². The summed E-state index contributed by atoms with van der Waals surface area (Å²) in [7, 11) is 3.64. The minimum absolute atomic E-state index is 0. The molecule has 0 rings (SSSR count). The summed E-state index contributed by atoms with van der Waals surface area (Å²) in [4.78, 5) is 0. The van der Waals surface area contributed by atoms with Gasteiger partial charge in [0.2, 0.25) is 0 Å². The third kappa shape index (κ3) is 11.4. The van der Waals surface area contributed by atoms with Crippen LogP contribution in [0.5, 0.6) is 0 Å². The van der Waals surface area contributed by atoms with Crippen molar-refractivity contribution >= 4 is 0 Å². The average Bonchev–Trinajstić information content (AvgIpc) is 1.37. The van der Waals surface area contributed by atoms with E-state index in [1.165, 1.54) is 0 Å². The minimum atomic E-state index is 0. The van der Waals surface area contributed by atoms with Gasteiger partial charge in [0.15, 0.2) is 0 Å². The standard InChI is InChI=1S/C2H8N2.Na.H/c1-3-4-2;;/h3-4H,1-2H3;;/q;+1;-1. The molecule has 0 fully saturated rings. The van der Waals surface area contributed by atoms with E-state index in [-0.39, 0.29) is 31.0 Å². The number of rotatable bonds is 1. The van der Waals surface area contributed by atoms with Crippen LogP contribution in [0, 0.1) is 0 Å². The van der Waals surface area contributed by atoms with Crippen LogP contribution in [0.25, 0.3) is 0 Å². The number of hydrogen-bond acceptors (Lipinski definition) is 2. The van der Waals surface area contributed by atoms with E-state index in [4.69, 9.17) is 0 Å². The van der Waals surface area contributed by atoms with Gasteiger partial charge in [0.1, 0.15) is 0 Å². The molecule has 0 saturated carbocycles. The Kier molecular flexibility index (Phi) is 16.5. The van der Waals surface area contributed by atoms with Crippen molar-refractivity contribution in [2.45, 2.75) is 0 Å². The molecule has 0 aromatic heterocycles. The first-order chi connectivity index (χ1) is 1.91. The molecule has 0 amide bonds. The third-order valence-corrected chi connectivity index (χ3v) is 0.250. The molecule has 0 bridgehead atoms. The maximum absolute atomic E-state index is 2.68. The molecule has 0 atom stereocenters. The zero-order valence-corrected chi connectivity index (χ0v) is 6.00. The Morgan fingerprint density at radius 2 is 1.40 bits per heavy atom. The minimum Gasteiger partial charge on any atom is -1.00 e. The summed E-state index contributed by atoms with van der Waals surface area (Å²) in [5, 5.41) is 0. The molecule has 0 radical (unpaired) electrons. The van der Waals surface area contributed by atoms with Crippen LogP contribution in [0.3, 0.4) is 0 Å². The van der Waals surface area contributed by atoms with Crippen molar-refractivity contribution in [1.29, 1.82) is 0 Å². The topological polar surface area (TPSA) is 24.1 Å². The molecule has 28 valence electrons. The SMILES string of the molecule is CNNC.[H-].[Na+]. The van der Waals surface area contributed by atoms with Gasteiger partial charge in [-0.3, -0.25) is 10.9 Å². The van der Waals surface area contributed by atoms with Crippen molar-refractivity contribution in [3.05, 3.63) is 0 Å². The Hall–Kier alpha value is 0.920. The molecule has 2 nitrogen and oxygen atoms in total. The predicted molar refractivity (Wildman–Crippen MR) is 19.2 cm³/mol. The van der Waals surface area contributed by atoms with Crippen molar-refractivity contribution in [1.82, 2.24) is 10.9 Å². The van der Waals surface area contributed by atoms with Crippen LogP contribution in [0.15, 0.2) is 0 Å². The summed E-state index contributed by atoms with van der Waals surface area (Å²) in [6.07, 6.45) is 0. The van der Waals surface area contributed by atoms with E-state index in [1.54, 1.807) is 0 Å². The maximum Gasteiger partial charge on any atom is 1.00 e. The molecule has 0 unspecified atom stereocenters. The fraction of sp³-hybridized carbons (Fsp3) is 1.00. The van der Waals surface area contributed by atoms with Crippen molar-refractivity contribution < 1.29 is 31.0 Å². The monoisotopic (exact) mass is 84.1 g/mol. The third-order valence-electron chi connectivity index (χ3n) is 0.250. The molecule has 0 heterocycles. The molecule has 0 aliphatic rings. The van der Waals surface area contributed by atoms with Gasteiger partial charge in [-0.2, -0.15) is 0 Å².